The maximum Gasteiger partial charge on any atom is 1.00 e. The zero-order valence-electron chi connectivity index (χ0n) is 20.7. The summed E-state index contributed by atoms with van der Waals surface area (Å²) >= 11 is 11.9. The van der Waals surface area contributed by atoms with Crippen LogP contribution in [0.15, 0.2) is 54.2 Å². The second kappa shape index (κ2) is 13.5. The van der Waals surface area contributed by atoms with E-state index in [9.17, 15) is 22.9 Å². The van der Waals surface area contributed by atoms with Crippen LogP contribution in [0.3, 0.4) is 0 Å². The van der Waals surface area contributed by atoms with Crippen LogP contribution in [0.5, 0.6) is 5.75 Å². The number of amides is 1. The van der Waals surface area contributed by atoms with Crippen LogP contribution in [-0.4, -0.2) is 70.7 Å². The van der Waals surface area contributed by atoms with Crippen LogP contribution in [-0.2, 0) is 19.6 Å². The van der Waals surface area contributed by atoms with E-state index in [2.05, 4.69) is 4.98 Å². The molecule has 2 aliphatic heterocycles. The summed E-state index contributed by atoms with van der Waals surface area (Å²) in [6, 6.07) is 10.1. The normalized spacial score (nSPS) is 17.9. The first-order valence-corrected chi connectivity index (χ1v) is 13.7. The van der Waals surface area contributed by atoms with E-state index in [4.69, 9.17) is 33.3 Å². The number of hydrogen-bond acceptors (Lipinski definition) is 10. The molecule has 1 N–H and O–H groups in total. The molecule has 11 nitrogen and oxygen atoms in total. The van der Waals surface area contributed by atoms with E-state index < -0.39 is 28.1 Å². The molecule has 4 rings (SSSR count). The third kappa shape index (κ3) is 7.31. The molecule has 0 saturated carbocycles. The smallest absolute Gasteiger partial charge is 0.748 e. The fraction of sp³-hybridized carbons (Fsp3) is 0.348. The first-order valence-electron chi connectivity index (χ1n) is 11.4. The third-order valence-electron chi connectivity index (χ3n) is 5.54. The van der Waals surface area contributed by atoms with Crippen molar-refractivity contribution in [3.8, 4) is 5.75 Å². The van der Waals surface area contributed by atoms with E-state index in [0.717, 1.165) is 0 Å². The van der Waals surface area contributed by atoms with Crippen molar-refractivity contribution in [2.75, 3.05) is 35.2 Å². The SMILES string of the molecule is CC(O)OCCN1C(=S)N(c2ccccn2)C(=O)C1=C1Oc2ccc(Cl)cc2N1CCCCS(=O)(=O)[O-].[K+]. The molecule has 1 aromatic carbocycles. The number of ether oxygens (including phenoxy) is 2. The van der Waals surface area contributed by atoms with E-state index >= 15 is 0 Å². The summed E-state index contributed by atoms with van der Waals surface area (Å²) in [5, 5.41) is 10.1. The number of aliphatic hydroxyl groups excluding tert-OH is 1. The molecular formula is C23H24ClKN4O7S2. The van der Waals surface area contributed by atoms with Gasteiger partial charge in [0.1, 0.15) is 5.82 Å². The molecule has 38 heavy (non-hydrogen) atoms. The first-order chi connectivity index (χ1) is 17.6. The van der Waals surface area contributed by atoms with Gasteiger partial charge in [0.05, 0.1) is 22.4 Å². The van der Waals surface area contributed by atoms with E-state index in [0.29, 0.717) is 28.7 Å². The molecule has 1 atom stereocenters. The maximum atomic E-state index is 13.8. The van der Waals surface area contributed by atoms with Crippen LogP contribution >= 0.6 is 23.8 Å². The Morgan fingerprint density at radius 3 is 2.63 bits per heavy atom. The number of benzene rings is 1. The number of nitrogens with zero attached hydrogens (tertiary/aromatic N) is 4. The van der Waals surface area contributed by atoms with E-state index in [1.165, 1.54) is 18.0 Å². The summed E-state index contributed by atoms with van der Waals surface area (Å²) in [4.78, 5) is 22.6. The van der Waals surface area contributed by atoms with Crippen molar-refractivity contribution in [2.24, 2.45) is 0 Å². The van der Waals surface area contributed by atoms with Gasteiger partial charge in [0.25, 0.3) is 5.91 Å². The van der Waals surface area contributed by atoms with Gasteiger partial charge in [-0.15, -0.1) is 0 Å². The number of thiocarbonyl (C=S) groups is 1. The number of anilines is 2. The Kier molecular flexibility index (Phi) is 11.1. The predicted octanol–water partition coefficient (Wildman–Crippen LogP) is -0.579. The average molecular weight is 607 g/mol. The Balaban J connectivity index is 0.00000400. The number of unbranched alkanes of at least 4 members (excludes halogenated alkanes) is 1. The van der Waals surface area contributed by atoms with E-state index in [1.54, 1.807) is 46.2 Å². The summed E-state index contributed by atoms with van der Waals surface area (Å²) in [5.74, 6) is -0.0550. The van der Waals surface area contributed by atoms with Crippen molar-refractivity contribution < 1.29 is 83.7 Å². The number of carbonyl (C=O) groups is 1. The quantitative estimate of drug-likeness (QED) is 0.0929. The number of hydrogen-bond donors (Lipinski definition) is 1. The fourth-order valence-corrected chi connectivity index (χ4v) is 5.03. The minimum Gasteiger partial charge on any atom is -0.748 e. The molecule has 1 amide bonds. The molecule has 1 saturated heterocycles. The van der Waals surface area contributed by atoms with Gasteiger partial charge in [-0.3, -0.25) is 4.79 Å². The van der Waals surface area contributed by atoms with Gasteiger partial charge in [-0.25, -0.2) is 18.3 Å². The molecule has 3 heterocycles. The zero-order chi connectivity index (χ0) is 26.7. The molecule has 0 radical (unpaired) electrons. The van der Waals surface area contributed by atoms with Crippen molar-refractivity contribution >= 4 is 56.5 Å². The second-order valence-electron chi connectivity index (χ2n) is 8.22. The topological polar surface area (TPSA) is 136 Å². The zero-order valence-corrected chi connectivity index (χ0v) is 26.3. The molecule has 198 valence electrons. The second-order valence-corrected chi connectivity index (χ2v) is 10.5. The molecule has 15 heteroatoms. The summed E-state index contributed by atoms with van der Waals surface area (Å²) in [5.41, 5.74) is 0.698. The summed E-state index contributed by atoms with van der Waals surface area (Å²) in [6.45, 7) is 1.89. The number of halogens is 1. The van der Waals surface area contributed by atoms with Gasteiger partial charge in [0, 0.05) is 30.1 Å². The predicted molar refractivity (Wildman–Crippen MR) is 139 cm³/mol. The van der Waals surface area contributed by atoms with Crippen LogP contribution in [0.4, 0.5) is 11.5 Å². The van der Waals surface area contributed by atoms with Gasteiger partial charge >= 0.3 is 51.4 Å². The largest absolute Gasteiger partial charge is 1.00 e. The van der Waals surface area contributed by atoms with Crippen LogP contribution in [0.1, 0.15) is 19.8 Å². The molecule has 2 aromatic rings. The van der Waals surface area contributed by atoms with Gasteiger partial charge in [0.2, 0.25) is 5.88 Å². The molecule has 0 aliphatic carbocycles. The number of fused-ring (bicyclic) bond motifs is 1. The minimum absolute atomic E-state index is 0. The van der Waals surface area contributed by atoms with E-state index in [-0.39, 0.29) is 94.2 Å². The third-order valence-corrected chi connectivity index (χ3v) is 6.97. The van der Waals surface area contributed by atoms with Crippen LogP contribution < -0.4 is 65.9 Å². The first kappa shape index (κ1) is 31.4. The molecule has 1 fully saturated rings. The number of aliphatic hydroxyl groups is 1. The van der Waals surface area contributed by atoms with Crippen molar-refractivity contribution in [1.82, 2.24) is 9.88 Å². The Bertz CT molecular complexity index is 1330. The number of carbonyl (C=O) groups excluding carboxylic acids is 1. The average Bonchev–Trinajstić information content (AvgIpc) is 3.29. The molecule has 2 aliphatic rings. The van der Waals surface area contributed by atoms with Gasteiger partial charge in [-0.1, -0.05) is 17.7 Å². The van der Waals surface area contributed by atoms with Gasteiger partial charge in [-0.2, -0.15) is 0 Å². The van der Waals surface area contributed by atoms with Crippen molar-refractivity contribution in [3.05, 3.63) is 59.2 Å². The Morgan fingerprint density at radius 2 is 1.97 bits per heavy atom. The molecule has 0 bridgehead atoms. The van der Waals surface area contributed by atoms with Crippen LogP contribution in [0.2, 0.25) is 5.02 Å². The fourth-order valence-electron chi connectivity index (χ4n) is 3.94. The van der Waals surface area contributed by atoms with Crippen LogP contribution in [0.25, 0.3) is 0 Å². The van der Waals surface area contributed by atoms with E-state index in [1.807, 2.05) is 0 Å². The molecule has 1 unspecified atom stereocenters. The summed E-state index contributed by atoms with van der Waals surface area (Å²) < 4.78 is 44.6. The standard InChI is InChI=1S/C23H25ClN4O7S2.K/c1-15(29)34-12-11-27-20(21(30)28(23(27)36)19-6-2-3-9-25-19)22-26(10-4-5-13-37(31,32)33)17-14-16(24)7-8-18(17)35-22;/h2-3,6-9,14-15,29H,4-5,10-13H2,1H3,(H,31,32,33);/q;+1/p-1. The monoisotopic (exact) mass is 606 g/mol. The number of rotatable bonds is 10. The van der Waals surface area contributed by atoms with Crippen molar-refractivity contribution in [2.45, 2.75) is 26.1 Å². The Labute approximate surface area is 273 Å². The Morgan fingerprint density at radius 1 is 1.21 bits per heavy atom. The molecule has 0 spiro atoms. The molecular weight excluding hydrogens is 583 g/mol. The van der Waals surface area contributed by atoms with Gasteiger partial charge in [0.15, 0.2) is 22.8 Å². The number of pyridine rings is 1. The van der Waals surface area contributed by atoms with Crippen molar-refractivity contribution in [3.63, 3.8) is 0 Å². The summed E-state index contributed by atoms with van der Waals surface area (Å²) in [6.07, 6.45) is 0.968. The van der Waals surface area contributed by atoms with Gasteiger partial charge < -0.3 is 28.9 Å². The van der Waals surface area contributed by atoms with Crippen molar-refractivity contribution in [1.29, 1.82) is 0 Å². The van der Waals surface area contributed by atoms with Crippen LogP contribution in [0, 0.1) is 0 Å². The van der Waals surface area contributed by atoms with Gasteiger partial charge in [-0.05, 0) is 62.3 Å². The maximum absolute atomic E-state index is 13.8. The minimum atomic E-state index is -4.36. The number of aromatic nitrogens is 1. The Hall–Kier alpha value is -1.17. The summed E-state index contributed by atoms with van der Waals surface area (Å²) in [7, 11) is -4.36. The molecule has 1 aromatic heterocycles.